The lowest BCUT2D eigenvalue weighted by Gasteiger charge is -2.09. The van der Waals surface area contributed by atoms with E-state index in [9.17, 15) is 5.11 Å². The zero-order valence-electron chi connectivity index (χ0n) is 9.45. The number of hydrogen-bond acceptors (Lipinski definition) is 2. The molecule has 1 N–H and O–H groups in total. The number of rotatable bonds is 1. The van der Waals surface area contributed by atoms with Crippen molar-refractivity contribution in [3.63, 3.8) is 0 Å². The standard InChI is InChI=1S/C12H13ClN2O/c1-7-4-12(16)11(6-10(7)13)15-9(3)5-8(2)14-15/h4-6,16H,1-3H3. The van der Waals surface area contributed by atoms with Crippen LogP contribution in [0.2, 0.25) is 5.02 Å². The van der Waals surface area contributed by atoms with Gasteiger partial charge in [-0.3, -0.25) is 0 Å². The maximum absolute atomic E-state index is 9.88. The molecule has 1 aromatic heterocycles. The van der Waals surface area contributed by atoms with Crippen LogP contribution in [0.1, 0.15) is 17.0 Å². The summed E-state index contributed by atoms with van der Waals surface area (Å²) in [6.07, 6.45) is 0. The molecule has 0 fully saturated rings. The molecule has 2 rings (SSSR count). The van der Waals surface area contributed by atoms with Gasteiger partial charge in [-0.1, -0.05) is 11.6 Å². The van der Waals surface area contributed by atoms with Crippen LogP contribution in [0, 0.1) is 20.8 Å². The van der Waals surface area contributed by atoms with Gasteiger partial charge in [-0.2, -0.15) is 5.10 Å². The first-order chi connectivity index (χ1) is 7.49. The third-order valence-corrected chi connectivity index (χ3v) is 2.90. The first-order valence-electron chi connectivity index (χ1n) is 5.02. The molecule has 0 bridgehead atoms. The molecule has 0 saturated carbocycles. The molecule has 0 unspecified atom stereocenters. The molecule has 2 aromatic rings. The summed E-state index contributed by atoms with van der Waals surface area (Å²) in [4.78, 5) is 0. The molecule has 0 aliphatic carbocycles. The zero-order chi connectivity index (χ0) is 11.9. The van der Waals surface area contributed by atoms with Crippen molar-refractivity contribution < 1.29 is 5.11 Å². The average Bonchev–Trinajstić information content (AvgIpc) is 2.51. The van der Waals surface area contributed by atoms with Gasteiger partial charge in [0.15, 0.2) is 0 Å². The number of aryl methyl sites for hydroxylation is 3. The topological polar surface area (TPSA) is 38.0 Å². The summed E-state index contributed by atoms with van der Waals surface area (Å²) in [6, 6.07) is 5.33. The highest BCUT2D eigenvalue weighted by Gasteiger charge is 2.10. The number of benzene rings is 1. The molecule has 0 amide bonds. The highest BCUT2D eigenvalue weighted by molar-refractivity contribution is 6.31. The fourth-order valence-electron chi connectivity index (χ4n) is 1.70. The molecule has 84 valence electrons. The Kier molecular flexibility index (Phi) is 2.64. The Bertz CT molecular complexity index is 546. The molecule has 0 saturated heterocycles. The van der Waals surface area contributed by atoms with Crippen molar-refractivity contribution in [2.24, 2.45) is 0 Å². The molecule has 4 heteroatoms. The van der Waals surface area contributed by atoms with E-state index in [1.54, 1.807) is 16.8 Å². The van der Waals surface area contributed by atoms with Crippen molar-refractivity contribution >= 4 is 11.6 Å². The van der Waals surface area contributed by atoms with Crippen LogP contribution in [0.3, 0.4) is 0 Å². The van der Waals surface area contributed by atoms with Gasteiger partial charge in [-0.05, 0) is 44.5 Å². The summed E-state index contributed by atoms with van der Waals surface area (Å²) < 4.78 is 1.69. The second-order valence-corrected chi connectivity index (χ2v) is 4.34. The predicted molar refractivity (Wildman–Crippen MR) is 64.4 cm³/mol. The van der Waals surface area contributed by atoms with Crippen LogP contribution in [-0.2, 0) is 0 Å². The monoisotopic (exact) mass is 236 g/mol. The van der Waals surface area contributed by atoms with Crippen LogP contribution >= 0.6 is 11.6 Å². The van der Waals surface area contributed by atoms with Crippen LogP contribution in [0.5, 0.6) is 5.75 Å². The van der Waals surface area contributed by atoms with Gasteiger partial charge in [0.25, 0.3) is 0 Å². The van der Waals surface area contributed by atoms with Gasteiger partial charge in [0.1, 0.15) is 11.4 Å². The van der Waals surface area contributed by atoms with Gasteiger partial charge in [0.05, 0.1) is 5.69 Å². The number of halogens is 1. The Labute approximate surface area is 99.3 Å². The lowest BCUT2D eigenvalue weighted by molar-refractivity contribution is 0.469. The Morgan fingerprint density at radius 3 is 2.44 bits per heavy atom. The average molecular weight is 237 g/mol. The van der Waals surface area contributed by atoms with Crippen molar-refractivity contribution in [1.82, 2.24) is 9.78 Å². The Morgan fingerprint density at radius 2 is 1.88 bits per heavy atom. The fourth-order valence-corrected chi connectivity index (χ4v) is 1.86. The van der Waals surface area contributed by atoms with Crippen LogP contribution < -0.4 is 0 Å². The normalized spacial score (nSPS) is 10.8. The third kappa shape index (κ3) is 1.78. The van der Waals surface area contributed by atoms with E-state index < -0.39 is 0 Å². The minimum absolute atomic E-state index is 0.188. The highest BCUT2D eigenvalue weighted by Crippen LogP contribution is 2.29. The van der Waals surface area contributed by atoms with Crippen LogP contribution in [0.15, 0.2) is 18.2 Å². The van der Waals surface area contributed by atoms with Crippen LogP contribution in [0.4, 0.5) is 0 Å². The third-order valence-electron chi connectivity index (χ3n) is 2.49. The summed E-state index contributed by atoms with van der Waals surface area (Å²) in [5.74, 6) is 0.188. The van der Waals surface area contributed by atoms with E-state index in [0.717, 1.165) is 17.0 Å². The summed E-state index contributed by atoms with van der Waals surface area (Å²) in [6.45, 7) is 5.70. The first kappa shape index (κ1) is 11.0. The minimum atomic E-state index is 0.188. The molecule has 0 spiro atoms. The van der Waals surface area contributed by atoms with Crippen molar-refractivity contribution in [3.05, 3.63) is 40.2 Å². The Balaban J connectivity index is 2.64. The molecule has 3 nitrogen and oxygen atoms in total. The predicted octanol–water partition coefficient (Wildman–Crippen LogP) is 3.16. The van der Waals surface area contributed by atoms with E-state index in [0.29, 0.717) is 10.7 Å². The molecule has 16 heavy (non-hydrogen) atoms. The van der Waals surface area contributed by atoms with E-state index in [1.165, 1.54) is 0 Å². The summed E-state index contributed by atoms with van der Waals surface area (Å²) in [5.41, 5.74) is 3.34. The Morgan fingerprint density at radius 1 is 1.19 bits per heavy atom. The van der Waals surface area contributed by atoms with E-state index in [4.69, 9.17) is 11.6 Å². The van der Waals surface area contributed by atoms with E-state index in [-0.39, 0.29) is 5.75 Å². The van der Waals surface area contributed by atoms with Crippen LogP contribution in [-0.4, -0.2) is 14.9 Å². The maximum Gasteiger partial charge on any atom is 0.141 e. The molecular weight excluding hydrogens is 224 g/mol. The van der Waals surface area contributed by atoms with E-state index in [2.05, 4.69) is 5.10 Å². The lowest BCUT2D eigenvalue weighted by atomic mass is 10.2. The number of aromatic nitrogens is 2. The van der Waals surface area contributed by atoms with Crippen molar-refractivity contribution in [2.75, 3.05) is 0 Å². The SMILES string of the molecule is Cc1cc(C)n(-c2cc(Cl)c(C)cc2O)n1. The number of phenols is 1. The lowest BCUT2D eigenvalue weighted by Crippen LogP contribution is -2.00. The largest absolute Gasteiger partial charge is 0.506 e. The smallest absolute Gasteiger partial charge is 0.141 e. The molecule has 0 radical (unpaired) electrons. The number of aromatic hydroxyl groups is 1. The highest BCUT2D eigenvalue weighted by atomic mass is 35.5. The molecule has 0 atom stereocenters. The van der Waals surface area contributed by atoms with Gasteiger partial charge in [-0.15, -0.1) is 0 Å². The number of phenolic OH excluding ortho intramolecular Hbond substituents is 1. The fraction of sp³-hybridized carbons (Fsp3) is 0.250. The van der Waals surface area contributed by atoms with Gasteiger partial charge >= 0.3 is 0 Å². The van der Waals surface area contributed by atoms with Crippen molar-refractivity contribution in [1.29, 1.82) is 0 Å². The summed E-state index contributed by atoms with van der Waals surface area (Å²) in [5, 5.41) is 14.8. The quantitative estimate of drug-likeness (QED) is 0.826. The number of hydrogen-bond donors (Lipinski definition) is 1. The second-order valence-electron chi connectivity index (χ2n) is 3.93. The van der Waals surface area contributed by atoms with Crippen LogP contribution in [0.25, 0.3) is 5.69 Å². The molecule has 0 aliphatic rings. The molecule has 1 heterocycles. The molecule has 1 aromatic carbocycles. The summed E-state index contributed by atoms with van der Waals surface area (Å²) >= 11 is 6.04. The van der Waals surface area contributed by atoms with E-state index in [1.807, 2.05) is 26.8 Å². The maximum atomic E-state index is 9.88. The molecular formula is C12H13ClN2O. The van der Waals surface area contributed by atoms with Gasteiger partial charge in [0.2, 0.25) is 0 Å². The molecule has 0 aliphatic heterocycles. The van der Waals surface area contributed by atoms with E-state index >= 15 is 0 Å². The van der Waals surface area contributed by atoms with Gasteiger partial charge < -0.3 is 5.11 Å². The van der Waals surface area contributed by atoms with Gasteiger partial charge in [0, 0.05) is 10.7 Å². The second kappa shape index (κ2) is 3.83. The van der Waals surface area contributed by atoms with Crippen molar-refractivity contribution in [3.8, 4) is 11.4 Å². The Hall–Kier alpha value is -1.48. The minimum Gasteiger partial charge on any atom is -0.506 e. The van der Waals surface area contributed by atoms with Crippen molar-refractivity contribution in [2.45, 2.75) is 20.8 Å². The number of nitrogens with zero attached hydrogens (tertiary/aromatic N) is 2. The summed E-state index contributed by atoms with van der Waals surface area (Å²) in [7, 11) is 0. The van der Waals surface area contributed by atoms with Gasteiger partial charge in [-0.25, -0.2) is 4.68 Å². The first-order valence-corrected chi connectivity index (χ1v) is 5.39. The zero-order valence-corrected chi connectivity index (χ0v) is 10.2.